The molecule has 7 heteroatoms. The fraction of sp³-hybridized carbons (Fsp3) is 0.500. The number of imide groups is 1. The molecule has 0 bridgehead atoms. The molecule has 0 radical (unpaired) electrons. The highest BCUT2D eigenvalue weighted by Gasteiger charge is 2.47. The molecule has 0 aromatic heterocycles. The van der Waals surface area contributed by atoms with E-state index < -0.39 is 0 Å². The van der Waals surface area contributed by atoms with Gasteiger partial charge in [-0.2, -0.15) is 0 Å². The first kappa shape index (κ1) is 17.3. The molecule has 7 nitrogen and oxygen atoms in total. The summed E-state index contributed by atoms with van der Waals surface area (Å²) in [6.45, 7) is 4.45. The van der Waals surface area contributed by atoms with Crippen molar-refractivity contribution in [2.24, 2.45) is 5.92 Å². The summed E-state index contributed by atoms with van der Waals surface area (Å²) in [5.41, 5.74) is 1.31. The SMILES string of the molecule is COc1ccc(CN2C(=O)C3CCCN3C2=O)cc1NC(=O)C(C)C. The second-order valence-corrected chi connectivity index (χ2v) is 6.74. The molecule has 2 saturated heterocycles. The molecule has 2 aliphatic heterocycles. The van der Waals surface area contributed by atoms with E-state index in [-0.39, 0.29) is 36.3 Å². The lowest BCUT2D eigenvalue weighted by Gasteiger charge is -2.17. The van der Waals surface area contributed by atoms with E-state index in [1.807, 2.05) is 0 Å². The molecule has 0 saturated carbocycles. The zero-order chi connectivity index (χ0) is 18.1. The van der Waals surface area contributed by atoms with E-state index in [1.54, 1.807) is 36.9 Å². The standard InChI is InChI=1S/C18H23N3O4/c1-11(2)16(22)19-13-9-12(6-7-15(13)25-3)10-21-17(23)14-5-4-8-20(14)18(21)24/h6-7,9,11,14H,4-5,8,10H2,1-3H3,(H,19,22). The van der Waals surface area contributed by atoms with E-state index in [0.717, 1.165) is 18.4 Å². The van der Waals surface area contributed by atoms with Crippen molar-refractivity contribution in [3.05, 3.63) is 23.8 Å². The summed E-state index contributed by atoms with van der Waals surface area (Å²) in [6.07, 6.45) is 1.61. The first-order valence-corrected chi connectivity index (χ1v) is 8.52. The summed E-state index contributed by atoms with van der Waals surface area (Å²) in [4.78, 5) is 39.8. The highest BCUT2D eigenvalue weighted by atomic mass is 16.5. The van der Waals surface area contributed by atoms with Crippen LogP contribution in [0.5, 0.6) is 5.75 Å². The van der Waals surface area contributed by atoms with E-state index in [4.69, 9.17) is 4.74 Å². The van der Waals surface area contributed by atoms with Crippen molar-refractivity contribution >= 4 is 23.5 Å². The average molecular weight is 345 g/mol. The number of anilines is 1. The summed E-state index contributed by atoms with van der Waals surface area (Å²) in [7, 11) is 1.53. The molecule has 2 heterocycles. The molecule has 1 aromatic carbocycles. The van der Waals surface area contributed by atoms with Crippen LogP contribution in [0.15, 0.2) is 18.2 Å². The van der Waals surface area contributed by atoms with E-state index in [2.05, 4.69) is 5.32 Å². The number of nitrogens with one attached hydrogen (secondary N) is 1. The lowest BCUT2D eigenvalue weighted by molar-refractivity contribution is -0.128. The van der Waals surface area contributed by atoms with Crippen LogP contribution >= 0.6 is 0 Å². The third kappa shape index (κ3) is 3.18. The van der Waals surface area contributed by atoms with Crippen LogP contribution < -0.4 is 10.1 Å². The Morgan fingerprint density at radius 3 is 2.76 bits per heavy atom. The Kier molecular flexibility index (Phi) is 4.65. The molecule has 1 N–H and O–H groups in total. The van der Waals surface area contributed by atoms with Gasteiger partial charge >= 0.3 is 6.03 Å². The molecule has 25 heavy (non-hydrogen) atoms. The number of fused-ring (bicyclic) bond motifs is 1. The zero-order valence-electron chi connectivity index (χ0n) is 14.7. The first-order chi connectivity index (χ1) is 11.9. The Labute approximate surface area is 146 Å². The second kappa shape index (κ2) is 6.74. The molecule has 4 amide bonds. The molecule has 1 unspecified atom stereocenters. The maximum absolute atomic E-state index is 12.4. The van der Waals surface area contributed by atoms with Gasteiger partial charge in [0, 0.05) is 12.5 Å². The number of amides is 4. The van der Waals surface area contributed by atoms with Crippen LogP contribution in [0, 0.1) is 5.92 Å². The Morgan fingerprint density at radius 2 is 2.12 bits per heavy atom. The molecule has 134 valence electrons. The molecule has 1 atom stereocenters. The number of hydrogen-bond donors (Lipinski definition) is 1. The summed E-state index contributed by atoms with van der Waals surface area (Å²) in [5, 5.41) is 2.83. The number of carbonyl (C=O) groups excluding carboxylic acids is 3. The minimum atomic E-state index is -0.300. The number of benzene rings is 1. The third-order valence-corrected chi connectivity index (χ3v) is 4.67. The van der Waals surface area contributed by atoms with Crippen molar-refractivity contribution in [1.29, 1.82) is 0 Å². The van der Waals surface area contributed by atoms with E-state index >= 15 is 0 Å². The predicted octanol–water partition coefficient (Wildman–Crippen LogP) is 2.22. The number of urea groups is 1. The van der Waals surface area contributed by atoms with Crippen molar-refractivity contribution < 1.29 is 19.1 Å². The summed E-state index contributed by atoms with van der Waals surface area (Å²) < 4.78 is 5.28. The number of carbonyl (C=O) groups is 3. The van der Waals surface area contributed by atoms with Crippen LogP contribution in [0.4, 0.5) is 10.5 Å². The van der Waals surface area contributed by atoms with Gasteiger partial charge in [0.15, 0.2) is 0 Å². The van der Waals surface area contributed by atoms with Gasteiger partial charge in [0.05, 0.1) is 19.3 Å². The number of ether oxygens (including phenoxy) is 1. The maximum atomic E-state index is 12.4. The van der Waals surface area contributed by atoms with Crippen molar-refractivity contribution in [2.45, 2.75) is 39.3 Å². The van der Waals surface area contributed by atoms with Gasteiger partial charge in [-0.1, -0.05) is 19.9 Å². The lowest BCUT2D eigenvalue weighted by Crippen LogP contribution is -2.32. The summed E-state index contributed by atoms with van der Waals surface area (Å²) in [6, 6.07) is 4.76. The summed E-state index contributed by atoms with van der Waals surface area (Å²) in [5.74, 6) is 0.121. The van der Waals surface area contributed by atoms with Crippen molar-refractivity contribution in [1.82, 2.24) is 9.80 Å². The van der Waals surface area contributed by atoms with Gasteiger partial charge < -0.3 is 15.0 Å². The molecular weight excluding hydrogens is 322 g/mol. The quantitative estimate of drug-likeness (QED) is 0.830. The molecule has 0 spiro atoms. The monoisotopic (exact) mass is 345 g/mol. The smallest absolute Gasteiger partial charge is 0.327 e. The molecule has 3 rings (SSSR count). The van der Waals surface area contributed by atoms with Crippen LogP contribution in [0.1, 0.15) is 32.3 Å². The van der Waals surface area contributed by atoms with Gasteiger partial charge in [-0.25, -0.2) is 4.79 Å². The molecule has 2 fully saturated rings. The van der Waals surface area contributed by atoms with Crippen LogP contribution in [-0.4, -0.2) is 47.3 Å². The topological polar surface area (TPSA) is 79.0 Å². The molecule has 2 aliphatic rings. The normalized spacial score (nSPS) is 19.6. The van der Waals surface area contributed by atoms with Crippen molar-refractivity contribution in [2.75, 3.05) is 19.0 Å². The first-order valence-electron chi connectivity index (χ1n) is 8.52. The van der Waals surface area contributed by atoms with Crippen LogP contribution in [0.25, 0.3) is 0 Å². The van der Waals surface area contributed by atoms with Crippen LogP contribution in [0.2, 0.25) is 0 Å². The van der Waals surface area contributed by atoms with Gasteiger partial charge in [-0.05, 0) is 30.5 Å². The minimum absolute atomic E-state index is 0.121. The van der Waals surface area contributed by atoms with Crippen LogP contribution in [-0.2, 0) is 16.1 Å². The van der Waals surface area contributed by atoms with Gasteiger partial charge in [0.1, 0.15) is 11.8 Å². The Hall–Kier alpha value is -2.57. The fourth-order valence-corrected chi connectivity index (χ4v) is 3.24. The van der Waals surface area contributed by atoms with Gasteiger partial charge in [-0.15, -0.1) is 0 Å². The van der Waals surface area contributed by atoms with E-state index in [0.29, 0.717) is 18.0 Å². The number of rotatable bonds is 5. The van der Waals surface area contributed by atoms with Crippen molar-refractivity contribution in [3.63, 3.8) is 0 Å². The lowest BCUT2D eigenvalue weighted by atomic mass is 10.1. The van der Waals surface area contributed by atoms with Crippen LogP contribution in [0.3, 0.4) is 0 Å². The fourth-order valence-electron chi connectivity index (χ4n) is 3.24. The Morgan fingerprint density at radius 1 is 1.36 bits per heavy atom. The van der Waals surface area contributed by atoms with Gasteiger partial charge in [0.25, 0.3) is 5.91 Å². The number of nitrogens with zero attached hydrogens (tertiary/aromatic N) is 2. The minimum Gasteiger partial charge on any atom is -0.495 e. The van der Waals surface area contributed by atoms with Gasteiger partial charge in [0.2, 0.25) is 5.91 Å². The largest absolute Gasteiger partial charge is 0.495 e. The van der Waals surface area contributed by atoms with Crippen molar-refractivity contribution in [3.8, 4) is 5.75 Å². The maximum Gasteiger partial charge on any atom is 0.327 e. The number of hydrogen-bond acceptors (Lipinski definition) is 4. The zero-order valence-corrected chi connectivity index (χ0v) is 14.7. The highest BCUT2D eigenvalue weighted by Crippen LogP contribution is 2.31. The molecule has 1 aromatic rings. The van der Waals surface area contributed by atoms with E-state index in [9.17, 15) is 14.4 Å². The molecular formula is C18H23N3O4. The Balaban J connectivity index is 1.80. The number of methoxy groups -OCH3 is 1. The average Bonchev–Trinajstić information content (AvgIpc) is 3.15. The summed E-state index contributed by atoms with van der Waals surface area (Å²) >= 11 is 0. The van der Waals surface area contributed by atoms with Gasteiger partial charge in [-0.3, -0.25) is 14.5 Å². The molecule has 0 aliphatic carbocycles. The van der Waals surface area contributed by atoms with E-state index in [1.165, 1.54) is 12.0 Å². The highest BCUT2D eigenvalue weighted by molar-refractivity contribution is 6.04. The second-order valence-electron chi connectivity index (χ2n) is 6.74. The third-order valence-electron chi connectivity index (χ3n) is 4.67. The predicted molar refractivity (Wildman–Crippen MR) is 92.1 cm³/mol. The Bertz CT molecular complexity index is 694.